The van der Waals surface area contributed by atoms with Gasteiger partial charge in [0.1, 0.15) is 6.10 Å². The van der Waals surface area contributed by atoms with Gasteiger partial charge in [-0.3, -0.25) is 9.59 Å². The van der Waals surface area contributed by atoms with E-state index in [1.807, 2.05) is 6.92 Å². The lowest BCUT2D eigenvalue weighted by atomic mass is 10.1. The summed E-state index contributed by atoms with van der Waals surface area (Å²) < 4.78 is 5.50. The van der Waals surface area contributed by atoms with Gasteiger partial charge in [0.2, 0.25) is 0 Å². The molecule has 0 radical (unpaired) electrons. The molecule has 96 valence electrons. The largest absolute Gasteiger partial charge is 0.365 e. The summed E-state index contributed by atoms with van der Waals surface area (Å²) in [6.07, 6.45) is 1.35. The second-order valence-electron chi connectivity index (χ2n) is 4.60. The Hall–Kier alpha value is -1.68. The van der Waals surface area contributed by atoms with Crippen LogP contribution in [0.4, 0.5) is 5.69 Å². The minimum Gasteiger partial charge on any atom is -0.365 e. The molecule has 0 saturated carbocycles. The quantitative estimate of drug-likeness (QED) is 0.834. The van der Waals surface area contributed by atoms with E-state index in [0.29, 0.717) is 11.3 Å². The third-order valence-corrected chi connectivity index (χ3v) is 3.09. The average molecular weight is 247 g/mol. The molecule has 0 aromatic heterocycles. The van der Waals surface area contributed by atoms with Crippen LogP contribution in [0.3, 0.4) is 0 Å². The van der Waals surface area contributed by atoms with Crippen molar-refractivity contribution in [3.05, 3.63) is 29.8 Å². The first-order chi connectivity index (χ1) is 8.58. The molecule has 1 N–H and O–H groups in total. The number of rotatable bonds is 3. The van der Waals surface area contributed by atoms with E-state index < -0.39 is 6.10 Å². The van der Waals surface area contributed by atoms with Crippen molar-refractivity contribution in [2.45, 2.75) is 38.9 Å². The van der Waals surface area contributed by atoms with Crippen molar-refractivity contribution in [1.29, 1.82) is 0 Å². The number of nitrogens with one attached hydrogen (secondary N) is 1. The maximum absolute atomic E-state index is 12.0. The Labute approximate surface area is 106 Å². The van der Waals surface area contributed by atoms with Crippen LogP contribution in [0.15, 0.2) is 24.3 Å². The monoisotopic (exact) mass is 247 g/mol. The molecule has 1 saturated heterocycles. The molecule has 2 atom stereocenters. The van der Waals surface area contributed by atoms with E-state index >= 15 is 0 Å². The highest BCUT2D eigenvalue weighted by atomic mass is 16.5. The maximum Gasteiger partial charge on any atom is 0.253 e. The van der Waals surface area contributed by atoms with Crippen LogP contribution in [0.5, 0.6) is 0 Å². The Balaban J connectivity index is 2.09. The van der Waals surface area contributed by atoms with Gasteiger partial charge in [-0.1, -0.05) is 12.1 Å². The Bertz CT molecular complexity index is 470. The molecule has 0 bridgehead atoms. The number of Topliss-reactive ketones (excluding diaryl/α,β-unsaturated/α-hetero) is 1. The van der Waals surface area contributed by atoms with Crippen molar-refractivity contribution in [2.75, 3.05) is 5.32 Å². The van der Waals surface area contributed by atoms with Crippen LogP contribution in [-0.2, 0) is 9.53 Å². The fourth-order valence-electron chi connectivity index (χ4n) is 2.11. The predicted octanol–water partition coefficient (Wildman–Crippen LogP) is 2.40. The van der Waals surface area contributed by atoms with Gasteiger partial charge in [0, 0.05) is 5.56 Å². The van der Waals surface area contributed by atoms with Crippen molar-refractivity contribution < 1.29 is 14.3 Å². The fraction of sp³-hybridized carbons (Fsp3) is 0.429. The first-order valence-electron chi connectivity index (χ1n) is 6.14. The lowest BCUT2D eigenvalue weighted by molar-refractivity contribution is -0.126. The number of hydrogen-bond donors (Lipinski definition) is 1. The first kappa shape index (κ1) is 12.8. The summed E-state index contributed by atoms with van der Waals surface area (Å²) in [6, 6.07) is 7.00. The Morgan fingerprint density at radius 3 is 2.61 bits per heavy atom. The number of ketones is 1. The number of carbonyl (C=O) groups excluding carboxylic acids is 2. The van der Waals surface area contributed by atoms with Gasteiger partial charge in [0.05, 0.1) is 11.8 Å². The summed E-state index contributed by atoms with van der Waals surface area (Å²) in [7, 11) is 0. The minimum absolute atomic E-state index is 0.0633. The smallest absolute Gasteiger partial charge is 0.253 e. The topological polar surface area (TPSA) is 55.4 Å². The van der Waals surface area contributed by atoms with Crippen molar-refractivity contribution in [3.8, 4) is 0 Å². The molecule has 1 heterocycles. The van der Waals surface area contributed by atoms with Crippen molar-refractivity contribution in [1.82, 2.24) is 0 Å². The zero-order valence-electron chi connectivity index (χ0n) is 10.6. The zero-order valence-corrected chi connectivity index (χ0v) is 10.6. The number of benzene rings is 1. The highest BCUT2D eigenvalue weighted by Crippen LogP contribution is 2.22. The van der Waals surface area contributed by atoms with Crippen molar-refractivity contribution >= 4 is 17.4 Å². The van der Waals surface area contributed by atoms with E-state index in [1.54, 1.807) is 24.3 Å². The molecule has 1 amide bonds. The molecule has 18 heavy (non-hydrogen) atoms. The van der Waals surface area contributed by atoms with E-state index in [1.165, 1.54) is 6.92 Å². The number of amides is 1. The van der Waals surface area contributed by atoms with Gasteiger partial charge in [0.15, 0.2) is 5.78 Å². The molecule has 2 unspecified atom stereocenters. The van der Waals surface area contributed by atoms with Crippen molar-refractivity contribution in [3.63, 3.8) is 0 Å². The van der Waals surface area contributed by atoms with Gasteiger partial charge >= 0.3 is 0 Å². The SMILES string of the molecule is CC(=O)c1ccccc1NC(=O)C1CCC(C)O1. The number of ether oxygens (including phenoxy) is 1. The summed E-state index contributed by atoms with van der Waals surface area (Å²) in [5.74, 6) is -0.236. The Kier molecular flexibility index (Phi) is 3.77. The molecular weight excluding hydrogens is 230 g/mol. The number of hydrogen-bond acceptors (Lipinski definition) is 3. The number of anilines is 1. The summed E-state index contributed by atoms with van der Waals surface area (Å²) in [6.45, 7) is 3.44. The Morgan fingerprint density at radius 1 is 1.28 bits per heavy atom. The van der Waals surface area contributed by atoms with E-state index in [0.717, 1.165) is 12.8 Å². The second kappa shape index (κ2) is 5.31. The van der Waals surface area contributed by atoms with Crippen LogP contribution in [0.25, 0.3) is 0 Å². The first-order valence-corrected chi connectivity index (χ1v) is 6.14. The summed E-state index contributed by atoms with van der Waals surface area (Å²) in [5, 5.41) is 2.77. The molecule has 2 rings (SSSR count). The molecule has 1 aliphatic heterocycles. The van der Waals surface area contributed by atoms with Gasteiger partial charge in [-0.25, -0.2) is 0 Å². The summed E-state index contributed by atoms with van der Waals surface area (Å²) >= 11 is 0. The van der Waals surface area contributed by atoms with Crippen LogP contribution < -0.4 is 5.32 Å². The van der Waals surface area contributed by atoms with E-state index in [-0.39, 0.29) is 17.8 Å². The molecule has 0 aliphatic carbocycles. The summed E-state index contributed by atoms with van der Waals surface area (Å²) in [5.41, 5.74) is 1.08. The van der Waals surface area contributed by atoms with Crippen LogP contribution in [-0.4, -0.2) is 23.9 Å². The van der Waals surface area contributed by atoms with Crippen molar-refractivity contribution in [2.24, 2.45) is 0 Å². The van der Waals surface area contributed by atoms with E-state index in [9.17, 15) is 9.59 Å². The van der Waals surface area contributed by atoms with Gasteiger partial charge in [0.25, 0.3) is 5.91 Å². The van der Waals surface area contributed by atoms with Gasteiger partial charge < -0.3 is 10.1 Å². The van der Waals surface area contributed by atoms with E-state index in [2.05, 4.69) is 5.32 Å². The van der Waals surface area contributed by atoms with Crippen LogP contribution in [0.1, 0.15) is 37.0 Å². The van der Waals surface area contributed by atoms with Crippen LogP contribution >= 0.6 is 0 Å². The lowest BCUT2D eigenvalue weighted by Crippen LogP contribution is -2.28. The highest BCUT2D eigenvalue weighted by Gasteiger charge is 2.28. The zero-order chi connectivity index (χ0) is 13.1. The normalized spacial score (nSPS) is 22.8. The second-order valence-corrected chi connectivity index (χ2v) is 4.60. The lowest BCUT2D eigenvalue weighted by Gasteiger charge is -2.13. The molecule has 1 aliphatic rings. The summed E-state index contributed by atoms with van der Waals surface area (Å²) in [4.78, 5) is 23.4. The minimum atomic E-state index is -0.403. The Morgan fingerprint density at radius 2 is 2.00 bits per heavy atom. The molecule has 1 aromatic rings. The molecule has 4 heteroatoms. The predicted molar refractivity (Wildman–Crippen MR) is 68.6 cm³/mol. The molecule has 1 aromatic carbocycles. The van der Waals surface area contributed by atoms with Crippen LogP contribution in [0, 0.1) is 0 Å². The van der Waals surface area contributed by atoms with Gasteiger partial charge in [-0.05, 0) is 38.8 Å². The number of carbonyl (C=O) groups is 2. The standard InChI is InChI=1S/C14H17NO3/c1-9-7-8-13(18-9)14(17)15-12-6-4-3-5-11(12)10(2)16/h3-6,9,13H,7-8H2,1-2H3,(H,15,17). The number of para-hydroxylation sites is 1. The van der Waals surface area contributed by atoms with Gasteiger partial charge in [-0.15, -0.1) is 0 Å². The molecule has 1 fully saturated rings. The fourth-order valence-corrected chi connectivity index (χ4v) is 2.11. The van der Waals surface area contributed by atoms with Gasteiger partial charge in [-0.2, -0.15) is 0 Å². The van der Waals surface area contributed by atoms with E-state index in [4.69, 9.17) is 4.74 Å². The molecular formula is C14H17NO3. The third-order valence-electron chi connectivity index (χ3n) is 3.09. The molecule has 4 nitrogen and oxygen atoms in total. The highest BCUT2D eigenvalue weighted by molar-refractivity contribution is 6.04. The average Bonchev–Trinajstić information content (AvgIpc) is 2.76. The van der Waals surface area contributed by atoms with Crippen LogP contribution in [0.2, 0.25) is 0 Å². The maximum atomic E-state index is 12.0. The third kappa shape index (κ3) is 2.76. The molecule has 0 spiro atoms.